The maximum absolute atomic E-state index is 11.5. The van der Waals surface area contributed by atoms with E-state index in [0.29, 0.717) is 5.69 Å². The number of nitrogens with zero attached hydrogens (tertiary/aromatic N) is 1. The number of nitrogens with one attached hydrogen (secondary N) is 1. The maximum atomic E-state index is 11.5. The predicted molar refractivity (Wildman–Crippen MR) is 64.5 cm³/mol. The molecule has 0 bridgehead atoms. The molecule has 1 aromatic heterocycles. The second kappa shape index (κ2) is 4.49. The van der Waals surface area contributed by atoms with Crippen LogP contribution in [-0.4, -0.2) is 17.1 Å². The van der Waals surface area contributed by atoms with Crippen LogP contribution in [0.5, 0.6) is 5.75 Å². The first kappa shape index (κ1) is 10.9. The molecule has 0 radical (unpaired) electrons. The number of hydrogen-bond acceptors (Lipinski definition) is 3. The lowest BCUT2D eigenvalue weighted by molar-refractivity contribution is 0.408. The van der Waals surface area contributed by atoms with Crippen LogP contribution in [0.2, 0.25) is 0 Å². The molecule has 1 heterocycles. The molecular formula is C11H9BrN2O2. The fourth-order valence-corrected chi connectivity index (χ4v) is 1.65. The van der Waals surface area contributed by atoms with Crippen molar-refractivity contribution in [1.29, 1.82) is 0 Å². The van der Waals surface area contributed by atoms with E-state index in [-0.39, 0.29) is 11.3 Å². The van der Waals surface area contributed by atoms with Gasteiger partial charge in [0.1, 0.15) is 5.69 Å². The third kappa shape index (κ3) is 1.99. The van der Waals surface area contributed by atoms with Gasteiger partial charge in [-0.3, -0.25) is 4.79 Å². The molecule has 0 spiro atoms. The van der Waals surface area contributed by atoms with Crippen molar-refractivity contribution in [3.05, 3.63) is 45.4 Å². The van der Waals surface area contributed by atoms with E-state index < -0.39 is 0 Å². The molecule has 5 heteroatoms. The number of methoxy groups -OCH3 is 1. The lowest BCUT2D eigenvalue weighted by Gasteiger charge is -2.05. The fourth-order valence-electron chi connectivity index (χ4n) is 1.39. The van der Waals surface area contributed by atoms with Gasteiger partial charge in [0.05, 0.1) is 13.4 Å². The molecule has 0 aliphatic heterocycles. The first-order chi connectivity index (χ1) is 7.72. The van der Waals surface area contributed by atoms with Gasteiger partial charge >= 0.3 is 0 Å². The molecule has 1 N–H and O–H groups in total. The minimum absolute atomic E-state index is 0.227. The molecule has 0 unspecified atom stereocenters. The number of halogens is 1. The van der Waals surface area contributed by atoms with Crippen molar-refractivity contribution in [2.45, 2.75) is 0 Å². The molecule has 0 atom stereocenters. The van der Waals surface area contributed by atoms with Crippen LogP contribution < -0.4 is 10.3 Å². The Labute approximate surface area is 100 Å². The second-order valence-electron chi connectivity index (χ2n) is 3.12. The summed E-state index contributed by atoms with van der Waals surface area (Å²) in [6.07, 6.45) is 1.36. The first-order valence-corrected chi connectivity index (χ1v) is 5.39. The van der Waals surface area contributed by atoms with Crippen LogP contribution in [-0.2, 0) is 0 Å². The highest BCUT2D eigenvalue weighted by molar-refractivity contribution is 9.10. The van der Waals surface area contributed by atoms with Crippen molar-refractivity contribution in [2.75, 3.05) is 7.11 Å². The largest absolute Gasteiger partial charge is 0.490 e. The molecule has 0 amide bonds. The van der Waals surface area contributed by atoms with Crippen LogP contribution in [0.1, 0.15) is 0 Å². The van der Waals surface area contributed by atoms with E-state index in [1.165, 1.54) is 13.4 Å². The van der Waals surface area contributed by atoms with Crippen LogP contribution in [0.15, 0.2) is 39.9 Å². The van der Waals surface area contributed by atoms with E-state index in [0.717, 1.165) is 10.0 Å². The molecular weight excluding hydrogens is 272 g/mol. The zero-order valence-corrected chi connectivity index (χ0v) is 10.1. The number of hydrogen-bond donors (Lipinski definition) is 1. The van der Waals surface area contributed by atoms with E-state index in [1.54, 1.807) is 0 Å². The average molecular weight is 281 g/mol. The summed E-state index contributed by atoms with van der Waals surface area (Å²) in [5, 5.41) is 0. The Morgan fingerprint density at radius 2 is 2.00 bits per heavy atom. The van der Waals surface area contributed by atoms with Gasteiger partial charge in [-0.15, -0.1) is 0 Å². The quantitative estimate of drug-likeness (QED) is 0.918. The molecule has 1 aromatic carbocycles. The van der Waals surface area contributed by atoms with Crippen molar-refractivity contribution in [3.8, 4) is 17.0 Å². The van der Waals surface area contributed by atoms with Gasteiger partial charge in [0, 0.05) is 10.0 Å². The number of H-pyrrole nitrogens is 1. The van der Waals surface area contributed by atoms with Gasteiger partial charge in [-0.25, -0.2) is 4.98 Å². The summed E-state index contributed by atoms with van der Waals surface area (Å²) in [4.78, 5) is 18.1. The maximum Gasteiger partial charge on any atom is 0.293 e. The lowest BCUT2D eigenvalue weighted by atomic mass is 10.1. The van der Waals surface area contributed by atoms with Gasteiger partial charge in [0.15, 0.2) is 0 Å². The monoisotopic (exact) mass is 280 g/mol. The highest BCUT2D eigenvalue weighted by Gasteiger charge is 2.10. The van der Waals surface area contributed by atoms with Crippen LogP contribution in [0.25, 0.3) is 11.3 Å². The zero-order chi connectivity index (χ0) is 11.5. The normalized spacial score (nSPS) is 10.1. The molecule has 4 nitrogen and oxygen atoms in total. The molecule has 0 aliphatic carbocycles. The van der Waals surface area contributed by atoms with Gasteiger partial charge in [-0.1, -0.05) is 28.1 Å². The molecule has 2 aromatic rings. The van der Waals surface area contributed by atoms with Crippen LogP contribution in [0, 0.1) is 0 Å². The Morgan fingerprint density at radius 1 is 1.31 bits per heavy atom. The van der Waals surface area contributed by atoms with Crippen molar-refractivity contribution >= 4 is 15.9 Å². The Morgan fingerprint density at radius 3 is 2.62 bits per heavy atom. The first-order valence-electron chi connectivity index (χ1n) is 4.60. The van der Waals surface area contributed by atoms with E-state index in [9.17, 15) is 4.79 Å². The van der Waals surface area contributed by atoms with E-state index >= 15 is 0 Å². The molecule has 0 saturated carbocycles. The summed E-state index contributed by atoms with van der Waals surface area (Å²) in [6.45, 7) is 0. The Bertz CT molecular complexity index is 549. The fraction of sp³-hybridized carbons (Fsp3) is 0.0909. The summed E-state index contributed by atoms with van der Waals surface area (Å²) in [7, 11) is 1.45. The van der Waals surface area contributed by atoms with Crippen molar-refractivity contribution < 1.29 is 4.74 Å². The van der Waals surface area contributed by atoms with Crippen LogP contribution >= 0.6 is 15.9 Å². The van der Waals surface area contributed by atoms with Crippen molar-refractivity contribution in [2.24, 2.45) is 0 Å². The minimum atomic E-state index is -0.282. The zero-order valence-electron chi connectivity index (χ0n) is 8.53. The number of aromatic amines is 1. The number of rotatable bonds is 2. The van der Waals surface area contributed by atoms with E-state index in [1.807, 2.05) is 24.3 Å². The van der Waals surface area contributed by atoms with Gasteiger partial charge < -0.3 is 9.72 Å². The van der Waals surface area contributed by atoms with Crippen molar-refractivity contribution in [1.82, 2.24) is 9.97 Å². The molecule has 16 heavy (non-hydrogen) atoms. The van der Waals surface area contributed by atoms with Gasteiger partial charge in [-0.2, -0.15) is 0 Å². The summed E-state index contributed by atoms with van der Waals surface area (Å²) in [5.41, 5.74) is 1.10. The SMILES string of the molecule is COc1c(-c2ccc(Br)cc2)nc[nH]c1=O. The van der Waals surface area contributed by atoms with E-state index in [2.05, 4.69) is 25.9 Å². The third-order valence-corrected chi connectivity index (χ3v) is 2.66. The molecule has 0 fully saturated rings. The lowest BCUT2D eigenvalue weighted by Crippen LogP contribution is -2.11. The Kier molecular flexibility index (Phi) is 3.05. The standard InChI is InChI=1S/C11H9BrN2O2/c1-16-10-9(13-6-14-11(10)15)7-2-4-8(12)5-3-7/h2-6H,1H3,(H,13,14,15). The van der Waals surface area contributed by atoms with Crippen molar-refractivity contribution in [3.63, 3.8) is 0 Å². The summed E-state index contributed by atoms with van der Waals surface area (Å²) < 4.78 is 6.02. The summed E-state index contributed by atoms with van der Waals surface area (Å²) >= 11 is 3.35. The van der Waals surface area contributed by atoms with E-state index in [4.69, 9.17) is 4.74 Å². The second-order valence-corrected chi connectivity index (χ2v) is 4.04. The Hall–Kier alpha value is -1.62. The topological polar surface area (TPSA) is 55.0 Å². The third-order valence-electron chi connectivity index (χ3n) is 2.13. The molecule has 0 aliphatic rings. The predicted octanol–water partition coefficient (Wildman–Crippen LogP) is 2.21. The molecule has 0 saturated heterocycles. The van der Waals surface area contributed by atoms with Gasteiger partial charge in [0.2, 0.25) is 5.75 Å². The highest BCUT2D eigenvalue weighted by atomic mass is 79.9. The number of aromatic nitrogens is 2. The number of ether oxygens (including phenoxy) is 1. The van der Waals surface area contributed by atoms with Gasteiger partial charge in [-0.05, 0) is 12.1 Å². The Balaban J connectivity index is 2.60. The molecule has 2 rings (SSSR count). The molecule has 82 valence electrons. The summed E-state index contributed by atoms with van der Waals surface area (Å²) in [6, 6.07) is 7.51. The highest BCUT2D eigenvalue weighted by Crippen LogP contribution is 2.24. The number of benzene rings is 1. The summed E-state index contributed by atoms with van der Waals surface area (Å²) in [5.74, 6) is 0.227. The average Bonchev–Trinajstić information content (AvgIpc) is 2.30. The minimum Gasteiger partial charge on any atom is -0.490 e. The van der Waals surface area contributed by atoms with Crippen LogP contribution in [0.3, 0.4) is 0 Å². The van der Waals surface area contributed by atoms with Crippen LogP contribution in [0.4, 0.5) is 0 Å². The van der Waals surface area contributed by atoms with Gasteiger partial charge in [0.25, 0.3) is 5.56 Å². The smallest absolute Gasteiger partial charge is 0.293 e.